The Morgan fingerprint density at radius 2 is 1.08 bits per heavy atom. The van der Waals surface area contributed by atoms with E-state index in [1.807, 2.05) is 61.6 Å². The van der Waals surface area contributed by atoms with E-state index in [0.717, 1.165) is 38.5 Å². The van der Waals surface area contributed by atoms with Gasteiger partial charge in [-0.05, 0) is 44.9 Å². The van der Waals surface area contributed by atoms with Crippen LogP contribution in [0.5, 0.6) is 0 Å². The van der Waals surface area contributed by atoms with E-state index in [-0.39, 0.29) is 12.8 Å². The highest BCUT2D eigenvalue weighted by molar-refractivity contribution is 7.47. The van der Waals surface area contributed by atoms with Crippen LogP contribution < -0.4 is 0 Å². The van der Waals surface area contributed by atoms with Gasteiger partial charge in [-0.25, -0.2) is 9.13 Å². The number of esters is 2. The molecule has 0 amide bonds. The number of ether oxygens (including phenoxy) is 2. The molecule has 0 saturated carbocycles. The maximum absolute atomic E-state index is 12.6. The van der Waals surface area contributed by atoms with E-state index in [4.69, 9.17) is 23.8 Å². The normalized spacial score (nSPS) is 15.1. The van der Waals surface area contributed by atoms with E-state index in [2.05, 4.69) is 16.0 Å². The predicted molar refractivity (Wildman–Crippen MR) is 236 cm³/mol. The van der Waals surface area contributed by atoms with Crippen molar-refractivity contribution in [3.05, 3.63) is 60.8 Å². The number of aliphatic hydroxyl groups is 2. The molecule has 2 unspecified atom stereocenters. The molecule has 0 aliphatic rings. The van der Waals surface area contributed by atoms with Crippen molar-refractivity contribution in [1.82, 2.24) is 0 Å². The molecule has 0 saturated heterocycles. The maximum atomic E-state index is 12.6. The SMILES string of the molecule is CC/C=C\C(O)C/C=C/C=C\C/C=C\C/C=C\CCCC(=O)O[C@H](COC(=O)CCCCCCCCCCCCCCCCC)COP(=O)(O)OC[C@@H](O)COP(=O)(O)O. The van der Waals surface area contributed by atoms with E-state index in [1.54, 1.807) is 6.08 Å². The molecule has 0 fully saturated rings. The molecular weight excluding hydrogens is 814 g/mol. The Morgan fingerprint density at radius 3 is 1.68 bits per heavy atom. The minimum atomic E-state index is -4.88. The minimum Gasteiger partial charge on any atom is -0.462 e. The lowest BCUT2D eigenvalue weighted by Crippen LogP contribution is -2.29. The summed E-state index contributed by atoms with van der Waals surface area (Å²) in [5.41, 5.74) is 0. The summed E-state index contributed by atoms with van der Waals surface area (Å²) >= 11 is 0. The van der Waals surface area contributed by atoms with Crippen LogP contribution in [-0.4, -0.2) is 81.6 Å². The van der Waals surface area contributed by atoms with Crippen molar-refractivity contribution in [1.29, 1.82) is 0 Å². The van der Waals surface area contributed by atoms with E-state index in [1.165, 1.54) is 70.6 Å². The van der Waals surface area contributed by atoms with Crippen molar-refractivity contribution in [2.24, 2.45) is 0 Å². The van der Waals surface area contributed by atoms with Crippen molar-refractivity contribution in [2.45, 2.75) is 180 Å². The van der Waals surface area contributed by atoms with Crippen LogP contribution in [0.3, 0.4) is 0 Å². The predicted octanol–water partition coefficient (Wildman–Crippen LogP) is 10.2. The average molecular weight is 893 g/mol. The van der Waals surface area contributed by atoms with Gasteiger partial charge in [-0.3, -0.25) is 23.2 Å². The van der Waals surface area contributed by atoms with Crippen molar-refractivity contribution >= 4 is 27.6 Å². The molecule has 0 aliphatic carbocycles. The van der Waals surface area contributed by atoms with Crippen LogP contribution in [0, 0.1) is 0 Å². The first-order valence-electron chi connectivity index (χ1n) is 22.1. The molecule has 0 aromatic heterocycles. The van der Waals surface area contributed by atoms with Crippen LogP contribution in [0.25, 0.3) is 0 Å². The zero-order valence-corrected chi connectivity index (χ0v) is 38.2. The van der Waals surface area contributed by atoms with Crippen LogP contribution in [0.15, 0.2) is 60.8 Å². The molecule has 0 heterocycles. The lowest BCUT2D eigenvalue weighted by molar-refractivity contribution is -0.161. The molecule has 14 nitrogen and oxygen atoms in total. The molecule has 0 bridgehead atoms. The molecular formula is C44H78O14P2. The number of carbonyl (C=O) groups is 2. The molecule has 0 radical (unpaired) electrons. The number of allylic oxidation sites excluding steroid dienone is 8. The van der Waals surface area contributed by atoms with Crippen molar-refractivity contribution in [3.8, 4) is 0 Å². The molecule has 5 N–H and O–H groups in total. The molecule has 60 heavy (non-hydrogen) atoms. The molecule has 0 aromatic rings. The Labute approximate surface area is 360 Å². The number of rotatable bonds is 41. The number of unbranched alkanes of at least 4 members (excludes halogenated alkanes) is 15. The number of aliphatic hydroxyl groups excluding tert-OH is 2. The summed E-state index contributed by atoms with van der Waals surface area (Å²) in [5, 5.41) is 19.5. The highest BCUT2D eigenvalue weighted by Gasteiger charge is 2.28. The van der Waals surface area contributed by atoms with E-state index in [9.17, 15) is 33.8 Å². The first-order chi connectivity index (χ1) is 28.8. The second-order valence-electron chi connectivity index (χ2n) is 14.8. The summed E-state index contributed by atoms with van der Waals surface area (Å²) in [7, 11) is -9.71. The summed E-state index contributed by atoms with van der Waals surface area (Å²) in [6.07, 6.45) is 38.5. The molecule has 4 atom stereocenters. The fourth-order valence-corrected chi connectivity index (χ4v) is 6.80. The Bertz CT molecular complexity index is 1310. The van der Waals surface area contributed by atoms with Gasteiger partial charge in [0.25, 0.3) is 0 Å². The van der Waals surface area contributed by atoms with Crippen molar-refractivity contribution in [3.63, 3.8) is 0 Å². The van der Waals surface area contributed by atoms with E-state index >= 15 is 0 Å². The number of phosphoric acid groups is 2. The molecule has 16 heteroatoms. The standard InChI is InChI=1S/C44H78O14P2/c1-3-5-7-8-9-10-11-12-13-14-18-21-24-27-30-34-43(47)54-38-42(39-57-60(52,53)56-37-41(46)36-55-59(49,50)51)58-44(48)35-31-28-25-22-19-16-15-17-20-23-26-29-33-40(45)32-6-4-2/h6,15-16,20,22-23,25-26,29,32,40-42,45-46H,3-5,7-14,17-19,21,24,27-28,30-31,33-39H2,1-2H3,(H,52,53)(H2,49,50,51)/b16-15-,23-20-,25-22-,29-26+,32-6-/t40?,41-,42+/m0/s1. The van der Waals surface area contributed by atoms with E-state index < -0.39 is 72.3 Å². The van der Waals surface area contributed by atoms with Gasteiger partial charge in [-0.15, -0.1) is 0 Å². The van der Waals surface area contributed by atoms with Gasteiger partial charge >= 0.3 is 27.6 Å². The van der Waals surface area contributed by atoms with Crippen LogP contribution in [0.1, 0.15) is 162 Å². The van der Waals surface area contributed by atoms with E-state index in [0.29, 0.717) is 25.7 Å². The Morgan fingerprint density at radius 1 is 0.567 bits per heavy atom. The summed E-state index contributed by atoms with van der Waals surface area (Å²) in [4.78, 5) is 52.7. The quantitative estimate of drug-likeness (QED) is 0.0127. The minimum absolute atomic E-state index is 0.0348. The zero-order chi connectivity index (χ0) is 44.6. The van der Waals surface area contributed by atoms with Gasteiger partial charge in [0.2, 0.25) is 0 Å². The highest BCUT2D eigenvalue weighted by Crippen LogP contribution is 2.43. The van der Waals surface area contributed by atoms with Crippen molar-refractivity contribution < 1.29 is 66.7 Å². The van der Waals surface area contributed by atoms with Gasteiger partial charge < -0.3 is 34.4 Å². The van der Waals surface area contributed by atoms with Gasteiger partial charge in [0.15, 0.2) is 6.10 Å². The number of hydrogen-bond donors (Lipinski definition) is 5. The van der Waals surface area contributed by atoms with Gasteiger partial charge in [-0.1, -0.05) is 164 Å². The molecule has 348 valence electrons. The molecule has 0 aromatic carbocycles. The lowest BCUT2D eigenvalue weighted by atomic mass is 10.0. The van der Waals surface area contributed by atoms with Gasteiger partial charge in [0.1, 0.15) is 12.7 Å². The smallest absolute Gasteiger partial charge is 0.462 e. The second-order valence-corrected chi connectivity index (χ2v) is 17.5. The maximum Gasteiger partial charge on any atom is 0.472 e. The van der Waals surface area contributed by atoms with Gasteiger partial charge in [-0.2, -0.15) is 0 Å². The summed E-state index contributed by atoms with van der Waals surface area (Å²) < 4.78 is 47.7. The number of carbonyl (C=O) groups excluding carboxylic acids is 2. The fraction of sp³-hybridized carbons (Fsp3) is 0.727. The molecule has 0 rings (SSSR count). The van der Waals surface area contributed by atoms with Gasteiger partial charge in [0.05, 0.1) is 25.9 Å². The highest BCUT2D eigenvalue weighted by atomic mass is 31.2. The third-order valence-electron chi connectivity index (χ3n) is 8.99. The van der Waals surface area contributed by atoms with Crippen molar-refractivity contribution in [2.75, 3.05) is 26.4 Å². The average Bonchev–Trinajstić information content (AvgIpc) is 3.20. The lowest BCUT2D eigenvalue weighted by Gasteiger charge is -2.20. The summed E-state index contributed by atoms with van der Waals surface area (Å²) in [5.74, 6) is -1.12. The zero-order valence-electron chi connectivity index (χ0n) is 36.4. The van der Waals surface area contributed by atoms with Crippen LogP contribution in [-0.2, 0) is 41.8 Å². The Balaban J connectivity index is 4.64. The topological polar surface area (TPSA) is 216 Å². The fourth-order valence-electron chi connectivity index (χ4n) is 5.64. The summed E-state index contributed by atoms with van der Waals surface area (Å²) in [6, 6.07) is 0. The van der Waals surface area contributed by atoms with Crippen LogP contribution in [0.2, 0.25) is 0 Å². The Kier molecular flexibility index (Phi) is 38.1. The van der Waals surface area contributed by atoms with Crippen LogP contribution in [0.4, 0.5) is 0 Å². The van der Waals surface area contributed by atoms with Crippen LogP contribution >= 0.6 is 15.6 Å². The molecule has 0 aliphatic heterocycles. The second kappa shape index (κ2) is 39.6. The largest absolute Gasteiger partial charge is 0.472 e. The monoisotopic (exact) mass is 892 g/mol. The number of hydrogen-bond acceptors (Lipinski definition) is 11. The molecule has 0 spiro atoms. The third kappa shape index (κ3) is 42.5. The first kappa shape index (κ1) is 57.8. The first-order valence-corrected chi connectivity index (χ1v) is 25.1. The van der Waals surface area contributed by atoms with Gasteiger partial charge in [0, 0.05) is 12.8 Å². The number of phosphoric ester groups is 2. The third-order valence-corrected chi connectivity index (χ3v) is 10.4. The summed E-state index contributed by atoms with van der Waals surface area (Å²) in [6.45, 7) is 1.45. The Hall–Kier alpha value is -2.22.